The summed E-state index contributed by atoms with van der Waals surface area (Å²) in [5.74, 6) is -0.218. The molecule has 5 heteroatoms. The van der Waals surface area contributed by atoms with Crippen LogP contribution in [0.2, 0.25) is 0 Å². The Bertz CT molecular complexity index is 981. The zero-order valence-electron chi connectivity index (χ0n) is 14.5. The van der Waals surface area contributed by atoms with E-state index in [2.05, 4.69) is 10.3 Å². The van der Waals surface area contributed by atoms with E-state index in [4.69, 9.17) is 0 Å². The van der Waals surface area contributed by atoms with Crippen LogP contribution in [0.5, 0.6) is 0 Å². The number of rotatable bonds is 4. The number of nitrogens with zero attached hydrogens (tertiary/aromatic N) is 2. The molecule has 1 N–H and O–H groups in total. The average molecular weight is 345 g/mol. The molecular formula is C21H19N3O2. The van der Waals surface area contributed by atoms with Crippen LogP contribution < -0.4 is 5.32 Å². The van der Waals surface area contributed by atoms with Crippen LogP contribution in [-0.4, -0.2) is 21.8 Å². The molecule has 5 nitrogen and oxygen atoms in total. The molecule has 0 spiro atoms. The minimum atomic E-state index is -1.00. The van der Waals surface area contributed by atoms with Crippen molar-refractivity contribution in [1.29, 1.82) is 0 Å². The largest absolute Gasteiger partial charge is 0.325 e. The van der Waals surface area contributed by atoms with E-state index in [-0.39, 0.29) is 18.5 Å². The number of amides is 3. The number of nitrogens with one attached hydrogen (secondary N) is 1. The number of pyridine rings is 1. The van der Waals surface area contributed by atoms with Crippen LogP contribution in [0.1, 0.15) is 24.5 Å². The average Bonchev–Trinajstić information content (AvgIpc) is 2.94. The molecule has 0 bridgehead atoms. The van der Waals surface area contributed by atoms with Crippen molar-refractivity contribution in [3.8, 4) is 0 Å². The molecule has 0 aliphatic carbocycles. The first kappa shape index (κ1) is 16.3. The van der Waals surface area contributed by atoms with E-state index >= 15 is 0 Å². The van der Waals surface area contributed by atoms with Crippen molar-refractivity contribution in [1.82, 2.24) is 15.2 Å². The van der Waals surface area contributed by atoms with E-state index in [1.807, 2.05) is 67.6 Å². The Morgan fingerprint density at radius 2 is 1.77 bits per heavy atom. The van der Waals surface area contributed by atoms with Gasteiger partial charge in [-0.25, -0.2) is 4.79 Å². The Hall–Kier alpha value is -3.21. The summed E-state index contributed by atoms with van der Waals surface area (Å²) in [4.78, 5) is 31.6. The van der Waals surface area contributed by atoms with Crippen LogP contribution >= 0.6 is 0 Å². The standard InChI is InChI=1S/C21H19N3O2/c1-2-21(17-11-4-3-5-12-17)19(25)24(20(26)23-21)14-16-9-6-8-15-10-7-13-22-18(15)16/h3-13H,2,14H2,1H3,(H,23,26). The van der Waals surface area contributed by atoms with Gasteiger partial charge in [-0.3, -0.25) is 14.7 Å². The summed E-state index contributed by atoms with van der Waals surface area (Å²) in [5.41, 5.74) is 1.46. The van der Waals surface area contributed by atoms with Crippen LogP contribution in [0.25, 0.3) is 10.9 Å². The minimum absolute atomic E-state index is 0.202. The molecule has 1 fully saturated rings. The van der Waals surface area contributed by atoms with Crippen LogP contribution in [0, 0.1) is 0 Å². The molecular weight excluding hydrogens is 326 g/mol. The second kappa shape index (κ2) is 6.26. The van der Waals surface area contributed by atoms with Crippen LogP contribution in [-0.2, 0) is 16.9 Å². The third-order valence-corrected chi connectivity index (χ3v) is 5.02. The zero-order chi connectivity index (χ0) is 18.1. The summed E-state index contributed by atoms with van der Waals surface area (Å²) in [6, 6.07) is 18.7. The van der Waals surface area contributed by atoms with Gasteiger partial charge < -0.3 is 5.32 Å². The fourth-order valence-electron chi connectivity index (χ4n) is 3.60. The third kappa shape index (κ3) is 2.44. The molecule has 3 amide bonds. The van der Waals surface area contributed by atoms with Crippen molar-refractivity contribution in [3.63, 3.8) is 0 Å². The van der Waals surface area contributed by atoms with E-state index in [0.717, 1.165) is 22.0 Å². The molecule has 3 aromatic rings. The van der Waals surface area contributed by atoms with Crippen molar-refractivity contribution in [3.05, 3.63) is 78.0 Å². The highest BCUT2D eigenvalue weighted by atomic mass is 16.2. The molecule has 4 rings (SSSR count). The normalized spacial score (nSPS) is 19.8. The first-order chi connectivity index (χ1) is 12.7. The summed E-state index contributed by atoms with van der Waals surface area (Å²) in [6.45, 7) is 2.11. The van der Waals surface area contributed by atoms with Gasteiger partial charge in [0.2, 0.25) is 0 Å². The van der Waals surface area contributed by atoms with Crippen molar-refractivity contribution in [2.45, 2.75) is 25.4 Å². The maximum atomic E-state index is 13.2. The van der Waals surface area contributed by atoms with Gasteiger partial charge in [0.15, 0.2) is 0 Å². The van der Waals surface area contributed by atoms with Gasteiger partial charge >= 0.3 is 6.03 Å². The van der Waals surface area contributed by atoms with Crippen molar-refractivity contribution < 1.29 is 9.59 Å². The molecule has 26 heavy (non-hydrogen) atoms. The summed E-state index contributed by atoms with van der Waals surface area (Å²) < 4.78 is 0. The lowest BCUT2D eigenvalue weighted by Crippen LogP contribution is -2.43. The van der Waals surface area contributed by atoms with Crippen molar-refractivity contribution >= 4 is 22.8 Å². The van der Waals surface area contributed by atoms with Gasteiger partial charge in [-0.05, 0) is 23.6 Å². The van der Waals surface area contributed by atoms with Gasteiger partial charge in [0.1, 0.15) is 5.54 Å². The number of fused-ring (bicyclic) bond motifs is 1. The summed E-state index contributed by atoms with van der Waals surface area (Å²) in [6.07, 6.45) is 2.21. The summed E-state index contributed by atoms with van der Waals surface area (Å²) >= 11 is 0. The number of hydrogen-bond acceptors (Lipinski definition) is 3. The van der Waals surface area contributed by atoms with Gasteiger partial charge in [-0.2, -0.15) is 0 Å². The molecule has 0 saturated carbocycles. The lowest BCUT2D eigenvalue weighted by atomic mass is 9.87. The van der Waals surface area contributed by atoms with E-state index in [0.29, 0.717) is 6.42 Å². The Labute approximate surface area is 151 Å². The molecule has 1 unspecified atom stereocenters. The van der Waals surface area contributed by atoms with Gasteiger partial charge in [-0.1, -0.05) is 61.5 Å². The van der Waals surface area contributed by atoms with Crippen LogP contribution in [0.4, 0.5) is 4.79 Å². The Kier molecular flexibility index (Phi) is 3.92. The predicted molar refractivity (Wildman–Crippen MR) is 99.2 cm³/mol. The van der Waals surface area contributed by atoms with Gasteiger partial charge in [0.05, 0.1) is 12.1 Å². The highest BCUT2D eigenvalue weighted by Gasteiger charge is 2.51. The van der Waals surface area contributed by atoms with Crippen LogP contribution in [0.3, 0.4) is 0 Å². The molecule has 1 aliphatic rings. The van der Waals surface area contributed by atoms with Crippen LogP contribution in [0.15, 0.2) is 66.9 Å². The fourth-order valence-corrected chi connectivity index (χ4v) is 3.60. The van der Waals surface area contributed by atoms with E-state index in [1.165, 1.54) is 4.90 Å². The van der Waals surface area contributed by atoms with Gasteiger partial charge in [-0.15, -0.1) is 0 Å². The van der Waals surface area contributed by atoms with Crippen molar-refractivity contribution in [2.75, 3.05) is 0 Å². The van der Waals surface area contributed by atoms with E-state index in [9.17, 15) is 9.59 Å². The lowest BCUT2D eigenvalue weighted by Gasteiger charge is -2.25. The van der Waals surface area contributed by atoms with E-state index < -0.39 is 5.54 Å². The monoisotopic (exact) mass is 345 g/mol. The van der Waals surface area contributed by atoms with Gasteiger partial charge in [0.25, 0.3) is 5.91 Å². The number of carbonyl (C=O) groups excluding carboxylic acids is 2. The van der Waals surface area contributed by atoms with Gasteiger partial charge in [0, 0.05) is 11.6 Å². The molecule has 0 radical (unpaired) electrons. The van der Waals surface area contributed by atoms with Crippen molar-refractivity contribution in [2.24, 2.45) is 0 Å². The number of aromatic nitrogens is 1. The molecule has 130 valence electrons. The Morgan fingerprint density at radius 1 is 1.00 bits per heavy atom. The van der Waals surface area contributed by atoms with E-state index in [1.54, 1.807) is 6.20 Å². The topological polar surface area (TPSA) is 62.3 Å². The zero-order valence-corrected chi connectivity index (χ0v) is 14.5. The minimum Gasteiger partial charge on any atom is -0.319 e. The molecule has 1 saturated heterocycles. The maximum Gasteiger partial charge on any atom is 0.325 e. The summed E-state index contributed by atoms with van der Waals surface area (Å²) in [5, 5.41) is 3.91. The number of hydrogen-bond donors (Lipinski definition) is 1. The summed E-state index contributed by atoms with van der Waals surface area (Å²) in [7, 11) is 0. The Morgan fingerprint density at radius 3 is 2.54 bits per heavy atom. The number of para-hydroxylation sites is 1. The first-order valence-corrected chi connectivity index (χ1v) is 8.68. The quantitative estimate of drug-likeness (QED) is 0.735. The number of carbonyl (C=O) groups is 2. The SMILES string of the molecule is CCC1(c2ccccc2)NC(=O)N(Cc2cccc3cccnc23)C1=O. The fraction of sp³-hybridized carbons (Fsp3) is 0.190. The lowest BCUT2D eigenvalue weighted by molar-refractivity contribution is -0.132. The predicted octanol–water partition coefficient (Wildman–Crippen LogP) is 3.59. The molecule has 2 heterocycles. The second-order valence-electron chi connectivity index (χ2n) is 6.44. The molecule has 1 aliphatic heterocycles. The smallest absolute Gasteiger partial charge is 0.319 e. The number of benzene rings is 2. The number of urea groups is 1. The second-order valence-corrected chi connectivity index (χ2v) is 6.44. The first-order valence-electron chi connectivity index (χ1n) is 8.68. The molecule has 1 atom stereocenters. The third-order valence-electron chi connectivity index (χ3n) is 5.02. The molecule has 1 aromatic heterocycles. The maximum absolute atomic E-state index is 13.2. The highest BCUT2D eigenvalue weighted by molar-refractivity contribution is 6.07. The number of imide groups is 1. The Balaban J connectivity index is 1.72. The highest BCUT2D eigenvalue weighted by Crippen LogP contribution is 2.33. The molecule has 2 aromatic carbocycles.